The molecular formula is C24H20N2O7S2. The number of nitro groups is 1. The number of para-hydroxylation sites is 1. The number of fused-ring (bicyclic) bond motifs is 1. The molecule has 11 heteroatoms. The van der Waals surface area contributed by atoms with Crippen molar-refractivity contribution in [3.63, 3.8) is 0 Å². The Morgan fingerprint density at radius 3 is 2.46 bits per heavy atom. The van der Waals surface area contributed by atoms with Gasteiger partial charge in [-0.1, -0.05) is 42.5 Å². The van der Waals surface area contributed by atoms with E-state index in [1.807, 2.05) is 54.6 Å². The molecule has 0 saturated carbocycles. The molecule has 0 spiro atoms. The Bertz CT molecular complexity index is 1410. The highest BCUT2D eigenvalue weighted by Gasteiger charge is 2.33. The van der Waals surface area contributed by atoms with Gasteiger partial charge < -0.3 is 4.74 Å². The molecule has 180 valence electrons. The molecule has 0 aliphatic carbocycles. The molecule has 1 heterocycles. The quantitative estimate of drug-likeness (QED) is 0.275. The number of esters is 1. The van der Waals surface area contributed by atoms with E-state index in [4.69, 9.17) is 4.74 Å². The van der Waals surface area contributed by atoms with E-state index >= 15 is 0 Å². The minimum atomic E-state index is -3.88. The van der Waals surface area contributed by atoms with Crippen molar-refractivity contribution >= 4 is 44.9 Å². The predicted molar refractivity (Wildman–Crippen MR) is 130 cm³/mol. The number of nitrogens with zero attached hydrogens (tertiary/aromatic N) is 2. The lowest BCUT2D eigenvalue weighted by atomic mass is 10.1. The van der Waals surface area contributed by atoms with Gasteiger partial charge in [-0.25, -0.2) is 13.2 Å². The fourth-order valence-corrected chi connectivity index (χ4v) is 5.80. The molecule has 0 N–H and O–H groups in total. The third kappa shape index (κ3) is 5.20. The Morgan fingerprint density at radius 2 is 1.77 bits per heavy atom. The van der Waals surface area contributed by atoms with Crippen LogP contribution in [0, 0.1) is 10.1 Å². The second kappa shape index (κ2) is 9.88. The number of nitro benzene ring substituents is 1. The smallest absolute Gasteiger partial charge is 0.338 e. The number of sulfone groups is 1. The van der Waals surface area contributed by atoms with Crippen molar-refractivity contribution < 1.29 is 27.7 Å². The standard InChI is InChI=1S/C24H20N2O7S2/c1-35(31,32)22-12-11-17(13-19(22)26(29)30)24(28)33-14-23(27)25-18-9-5-6-10-21(18)34-15-20(25)16-7-3-2-4-8-16/h2-13,20H,14-15H2,1H3. The summed E-state index contributed by atoms with van der Waals surface area (Å²) in [6.45, 7) is -0.594. The number of thioether (sulfide) groups is 1. The molecule has 0 radical (unpaired) electrons. The summed E-state index contributed by atoms with van der Waals surface area (Å²) in [4.78, 5) is 38.3. The van der Waals surface area contributed by atoms with Crippen LogP contribution < -0.4 is 4.90 Å². The first-order valence-corrected chi connectivity index (χ1v) is 13.3. The minimum Gasteiger partial charge on any atom is -0.452 e. The van der Waals surface area contributed by atoms with E-state index in [1.54, 1.807) is 16.7 Å². The largest absolute Gasteiger partial charge is 0.452 e. The van der Waals surface area contributed by atoms with Crippen molar-refractivity contribution in [3.8, 4) is 0 Å². The van der Waals surface area contributed by atoms with Crippen molar-refractivity contribution in [1.29, 1.82) is 0 Å². The van der Waals surface area contributed by atoms with Crippen molar-refractivity contribution in [1.82, 2.24) is 0 Å². The van der Waals surface area contributed by atoms with Crippen LogP contribution in [0.1, 0.15) is 22.0 Å². The number of hydrogen-bond acceptors (Lipinski definition) is 8. The third-order valence-electron chi connectivity index (χ3n) is 5.40. The molecule has 0 aromatic heterocycles. The maximum Gasteiger partial charge on any atom is 0.338 e. The van der Waals surface area contributed by atoms with E-state index < -0.39 is 43.8 Å². The molecule has 0 saturated heterocycles. The summed E-state index contributed by atoms with van der Waals surface area (Å²) >= 11 is 1.63. The highest BCUT2D eigenvalue weighted by molar-refractivity contribution is 7.99. The zero-order chi connectivity index (χ0) is 25.2. The monoisotopic (exact) mass is 512 g/mol. The molecule has 1 unspecified atom stereocenters. The van der Waals surface area contributed by atoms with Crippen molar-refractivity contribution in [3.05, 3.63) is 94.0 Å². The van der Waals surface area contributed by atoms with Crippen LogP contribution in [0.2, 0.25) is 0 Å². The number of amides is 1. The van der Waals surface area contributed by atoms with E-state index in [0.717, 1.165) is 34.9 Å². The van der Waals surface area contributed by atoms with Crippen molar-refractivity contribution in [2.24, 2.45) is 0 Å². The van der Waals surface area contributed by atoms with Gasteiger partial charge >= 0.3 is 5.97 Å². The second-order valence-electron chi connectivity index (χ2n) is 7.76. The summed E-state index contributed by atoms with van der Waals surface area (Å²) in [5.41, 5.74) is 0.665. The fourth-order valence-electron chi connectivity index (χ4n) is 3.80. The molecule has 0 bridgehead atoms. The predicted octanol–water partition coefficient (Wildman–Crippen LogP) is 4.04. The minimum absolute atomic E-state index is 0.230. The normalized spacial score (nSPS) is 15.2. The topological polar surface area (TPSA) is 124 Å². The summed E-state index contributed by atoms with van der Waals surface area (Å²) in [6.07, 6.45) is 0.837. The first-order valence-electron chi connectivity index (χ1n) is 10.4. The van der Waals surface area contributed by atoms with Crippen molar-refractivity contribution in [2.45, 2.75) is 15.8 Å². The van der Waals surface area contributed by atoms with E-state index in [-0.39, 0.29) is 11.6 Å². The van der Waals surface area contributed by atoms with Gasteiger partial charge in [0.05, 0.1) is 22.2 Å². The van der Waals surface area contributed by atoms with E-state index in [9.17, 15) is 28.1 Å². The average molecular weight is 513 g/mol. The first-order chi connectivity index (χ1) is 16.7. The molecular weight excluding hydrogens is 492 g/mol. The van der Waals surface area contributed by atoms with Crippen LogP contribution in [-0.4, -0.2) is 43.8 Å². The van der Waals surface area contributed by atoms with Crippen LogP contribution in [-0.2, 0) is 19.4 Å². The zero-order valence-corrected chi connectivity index (χ0v) is 20.1. The number of rotatable bonds is 6. The molecule has 1 aliphatic rings. The van der Waals surface area contributed by atoms with E-state index in [0.29, 0.717) is 11.4 Å². The fraction of sp³-hybridized carbons (Fsp3) is 0.167. The van der Waals surface area contributed by atoms with Gasteiger partial charge in [0.1, 0.15) is 4.90 Å². The number of carbonyl (C=O) groups is 2. The Hall–Kier alpha value is -3.70. The van der Waals surface area contributed by atoms with Crippen LogP contribution in [0.4, 0.5) is 11.4 Å². The highest BCUT2D eigenvalue weighted by Crippen LogP contribution is 2.43. The van der Waals surface area contributed by atoms with Crippen molar-refractivity contribution in [2.75, 3.05) is 23.5 Å². The first kappa shape index (κ1) is 24.4. The number of carbonyl (C=O) groups excluding carboxylic acids is 2. The maximum absolute atomic E-state index is 13.3. The number of anilines is 1. The van der Waals surface area contributed by atoms with Gasteiger partial charge in [0.25, 0.3) is 11.6 Å². The van der Waals surface area contributed by atoms with Crippen LogP contribution in [0.5, 0.6) is 0 Å². The summed E-state index contributed by atoms with van der Waals surface area (Å²) in [5.74, 6) is -0.820. The molecule has 3 aromatic rings. The van der Waals surface area contributed by atoms with E-state index in [2.05, 4.69) is 0 Å². The Morgan fingerprint density at radius 1 is 1.09 bits per heavy atom. The van der Waals surface area contributed by atoms with Crippen LogP contribution in [0.25, 0.3) is 0 Å². The number of benzene rings is 3. The van der Waals surface area contributed by atoms with Gasteiger partial charge in [-0.2, -0.15) is 0 Å². The molecule has 1 aliphatic heterocycles. The molecule has 1 atom stereocenters. The number of ether oxygens (including phenoxy) is 1. The van der Waals surface area contributed by atoms with Gasteiger partial charge in [-0.05, 0) is 29.8 Å². The van der Waals surface area contributed by atoms with Crippen LogP contribution >= 0.6 is 11.8 Å². The summed E-state index contributed by atoms with van der Waals surface area (Å²) in [7, 11) is -3.88. The lowest BCUT2D eigenvalue weighted by molar-refractivity contribution is -0.387. The van der Waals surface area contributed by atoms with Gasteiger partial charge in [0.15, 0.2) is 16.4 Å². The SMILES string of the molecule is CS(=O)(=O)c1ccc(C(=O)OCC(=O)N2c3ccccc3SCC2c2ccccc2)cc1[N+](=O)[O-]. The van der Waals surface area contributed by atoms with Crippen LogP contribution in [0.15, 0.2) is 82.6 Å². The third-order valence-corrected chi connectivity index (χ3v) is 7.69. The number of hydrogen-bond donors (Lipinski definition) is 0. The molecule has 3 aromatic carbocycles. The molecule has 9 nitrogen and oxygen atoms in total. The maximum atomic E-state index is 13.3. The lowest BCUT2D eigenvalue weighted by Gasteiger charge is -2.37. The zero-order valence-electron chi connectivity index (χ0n) is 18.5. The summed E-state index contributed by atoms with van der Waals surface area (Å²) < 4.78 is 28.8. The lowest BCUT2D eigenvalue weighted by Crippen LogP contribution is -2.41. The Kier molecular flexibility index (Phi) is 6.90. The van der Waals surface area contributed by atoms with Gasteiger partial charge in [0.2, 0.25) is 0 Å². The average Bonchev–Trinajstić information content (AvgIpc) is 2.86. The van der Waals surface area contributed by atoms with E-state index in [1.165, 1.54) is 0 Å². The molecule has 0 fully saturated rings. The Labute approximate surface area is 205 Å². The van der Waals surface area contributed by atoms with Crippen LogP contribution in [0.3, 0.4) is 0 Å². The Balaban J connectivity index is 1.57. The molecule has 35 heavy (non-hydrogen) atoms. The summed E-state index contributed by atoms with van der Waals surface area (Å²) in [5, 5.41) is 11.3. The molecule has 1 amide bonds. The molecule has 4 rings (SSSR count). The second-order valence-corrected chi connectivity index (χ2v) is 10.8. The summed E-state index contributed by atoms with van der Waals surface area (Å²) in [6, 6.07) is 19.6. The van der Waals surface area contributed by atoms with Gasteiger partial charge in [-0.3, -0.25) is 19.8 Å². The van der Waals surface area contributed by atoms with Gasteiger partial charge in [-0.15, -0.1) is 11.8 Å². The van der Waals surface area contributed by atoms with Gasteiger partial charge in [0, 0.05) is 23.0 Å². The highest BCUT2D eigenvalue weighted by atomic mass is 32.2.